The van der Waals surface area contributed by atoms with E-state index in [1.54, 1.807) is 0 Å². The molecule has 0 saturated carbocycles. The number of rotatable bonds is 2. The number of hydrogen-bond acceptors (Lipinski definition) is 6. The second kappa shape index (κ2) is 7.23. The summed E-state index contributed by atoms with van der Waals surface area (Å²) in [6.07, 6.45) is 2.84. The molecule has 0 bridgehead atoms. The van der Waals surface area contributed by atoms with E-state index in [9.17, 15) is 19.8 Å². The van der Waals surface area contributed by atoms with Gasteiger partial charge in [-0.2, -0.15) is 0 Å². The van der Waals surface area contributed by atoms with E-state index in [1.807, 2.05) is 53.7 Å². The van der Waals surface area contributed by atoms with Crippen LogP contribution in [0.2, 0.25) is 0 Å². The summed E-state index contributed by atoms with van der Waals surface area (Å²) in [6.45, 7) is 11.7. The Morgan fingerprint density at radius 1 is 0.639 bits per heavy atom. The molecule has 0 saturated heterocycles. The highest BCUT2D eigenvalue weighted by Crippen LogP contribution is 2.47. The van der Waals surface area contributed by atoms with Gasteiger partial charge in [0.1, 0.15) is 23.7 Å². The van der Waals surface area contributed by atoms with Crippen LogP contribution in [0.3, 0.4) is 0 Å². The van der Waals surface area contributed by atoms with Crippen molar-refractivity contribution in [1.82, 2.24) is 0 Å². The third-order valence-corrected chi connectivity index (χ3v) is 7.50. The smallest absolute Gasteiger partial charge is 0.237 e. The molecule has 0 spiro atoms. The summed E-state index contributed by atoms with van der Waals surface area (Å²) in [5, 5.41) is 26.7. The Labute approximate surface area is 205 Å². The first-order valence-electron chi connectivity index (χ1n) is 12.1. The lowest BCUT2D eigenvalue weighted by Crippen LogP contribution is -2.28. The van der Waals surface area contributed by atoms with Crippen molar-refractivity contribution in [3.05, 3.63) is 77.8 Å². The van der Waals surface area contributed by atoms with Crippen molar-refractivity contribution in [3.63, 3.8) is 0 Å². The fraction of sp³-hybridized carbons (Fsp3) is 0.267. The summed E-state index contributed by atoms with van der Waals surface area (Å²) in [5.74, 6) is -0.487. The van der Waals surface area contributed by atoms with Gasteiger partial charge in [-0.05, 0) is 47.6 Å². The number of aryl methyl sites for hydroxylation is 2. The van der Waals surface area contributed by atoms with Gasteiger partial charge in [-0.15, -0.1) is 0 Å². The van der Waals surface area contributed by atoms with Gasteiger partial charge in [0, 0.05) is 32.3 Å². The molecule has 0 radical (unpaired) electrons. The van der Waals surface area contributed by atoms with Gasteiger partial charge in [0.15, 0.2) is 11.5 Å². The molecule has 0 amide bonds. The largest absolute Gasteiger partial charge is 0.504 e. The number of furan rings is 2. The lowest BCUT2D eigenvalue weighted by molar-refractivity contribution is 0.402. The van der Waals surface area contributed by atoms with Crippen LogP contribution < -0.4 is 10.9 Å². The monoisotopic (exact) mass is 482 g/mol. The lowest BCUT2D eigenvalue weighted by atomic mass is 9.89. The van der Waals surface area contributed by atoms with Crippen LogP contribution in [0, 0.1) is 24.3 Å². The van der Waals surface area contributed by atoms with E-state index >= 15 is 0 Å². The number of aromatic hydroxyl groups is 2. The Morgan fingerprint density at radius 3 is 1.64 bits per heavy atom. The topological polar surface area (TPSA) is 101 Å². The minimum absolute atomic E-state index is 0.0320. The van der Waals surface area contributed by atoms with Crippen molar-refractivity contribution in [2.45, 2.75) is 53.4 Å². The molecule has 0 aliphatic carbocycles. The molecule has 6 heteroatoms. The molecule has 0 atom stereocenters. The van der Waals surface area contributed by atoms with Crippen molar-refractivity contribution in [1.29, 1.82) is 0 Å². The molecule has 0 aliphatic heterocycles. The Kier molecular flexibility index (Phi) is 4.50. The molecule has 6 nitrogen and oxygen atoms in total. The third-order valence-electron chi connectivity index (χ3n) is 7.50. The van der Waals surface area contributed by atoms with Crippen LogP contribution in [-0.2, 0) is 0 Å². The predicted octanol–water partition coefficient (Wildman–Crippen LogP) is 6.64. The summed E-state index contributed by atoms with van der Waals surface area (Å²) < 4.78 is 12.1. The summed E-state index contributed by atoms with van der Waals surface area (Å²) in [5.41, 5.74) is 3.01. The Bertz CT molecular complexity index is 2080. The van der Waals surface area contributed by atoms with E-state index in [-0.39, 0.29) is 28.7 Å². The predicted molar refractivity (Wildman–Crippen MR) is 141 cm³/mol. The maximum atomic E-state index is 12.9. The highest BCUT2D eigenvalue weighted by molar-refractivity contribution is 6.15. The van der Waals surface area contributed by atoms with Crippen LogP contribution in [0.15, 0.2) is 43.1 Å². The molecule has 0 fully saturated rings. The van der Waals surface area contributed by atoms with Crippen LogP contribution in [0.5, 0.6) is 11.5 Å². The zero-order valence-electron chi connectivity index (χ0n) is 21.0. The maximum absolute atomic E-state index is 12.9. The zero-order valence-corrected chi connectivity index (χ0v) is 21.0. The van der Waals surface area contributed by atoms with Gasteiger partial charge in [-0.3, -0.25) is 9.59 Å². The fourth-order valence-electron chi connectivity index (χ4n) is 5.99. The molecule has 0 unspecified atom stereocenters. The summed E-state index contributed by atoms with van der Waals surface area (Å²) in [4.78, 5) is 25.8. The second-order valence-electron chi connectivity index (χ2n) is 10.4. The Morgan fingerprint density at radius 2 is 1.11 bits per heavy atom. The normalized spacial score (nSPS) is 13.6. The van der Waals surface area contributed by atoms with Gasteiger partial charge < -0.3 is 19.0 Å². The molecule has 2 N–H and O–H groups in total. The SMILES string of the molecule is Cc1cc2c(C(C)C)c(O)c(O)c3coc(c1=c1c(C)cc4c(C(C)C)c(=O)c(=O)c5coc1c45)c32. The van der Waals surface area contributed by atoms with E-state index < -0.39 is 10.9 Å². The molecular weight excluding hydrogens is 456 g/mol. The van der Waals surface area contributed by atoms with Crippen LogP contribution in [0.25, 0.3) is 43.5 Å². The van der Waals surface area contributed by atoms with Gasteiger partial charge in [-0.25, -0.2) is 0 Å². The summed E-state index contributed by atoms with van der Waals surface area (Å²) in [7, 11) is 0. The molecule has 4 aromatic carbocycles. The number of phenolic OH excluding ortho intramolecular Hbond substituents is 2. The van der Waals surface area contributed by atoms with E-state index in [0.717, 1.165) is 37.7 Å². The average Bonchev–Trinajstić information content (AvgIpc) is 3.43. The van der Waals surface area contributed by atoms with E-state index in [4.69, 9.17) is 8.83 Å². The highest BCUT2D eigenvalue weighted by Gasteiger charge is 2.25. The molecule has 6 rings (SSSR count). The van der Waals surface area contributed by atoms with E-state index in [0.29, 0.717) is 33.1 Å². The molecule has 182 valence electrons. The van der Waals surface area contributed by atoms with Crippen LogP contribution in [0.1, 0.15) is 61.8 Å². The lowest BCUT2D eigenvalue weighted by Gasteiger charge is -2.15. The first-order chi connectivity index (χ1) is 17.0. The van der Waals surface area contributed by atoms with E-state index in [2.05, 4.69) is 0 Å². The summed E-state index contributed by atoms with van der Waals surface area (Å²) in [6, 6.07) is 3.96. The van der Waals surface area contributed by atoms with Gasteiger partial charge in [0.2, 0.25) is 10.9 Å². The van der Waals surface area contributed by atoms with Gasteiger partial charge in [0.05, 0.1) is 10.8 Å². The minimum Gasteiger partial charge on any atom is -0.504 e. The van der Waals surface area contributed by atoms with Crippen LogP contribution in [0.4, 0.5) is 0 Å². The van der Waals surface area contributed by atoms with Gasteiger partial charge >= 0.3 is 0 Å². The third kappa shape index (κ3) is 2.61. The van der Waals surface area contributed by atoms with Crippen molar-refractivity contribution in [3.8, 4) is 11.5 Å². The molecular formula is C30H26O6. The zero-order chi connectivity index (χ0) is 25.8. The fourth-order valence-corrected chi connectivity index (χ4v) is 5.99. The maximum Gasteiger partial charge on any atom is 0.237 e. The number of hydrogen-bond donors (Lipinski definition) is 2. The van der Waals surface area contributed by atoms with Crippen molar-refractivity contribution in [2.75, 3.05) is 0 Å². The van der Waals surface area contributed by atoms with Crippen molar-refractivity contribution < 1.29 is 19.0 Å². The summed E-state index contributed by atoms with van der Waals surface area (Å²) >= 11 is 0. The Balaban J connectivity index is 1.96. The first-order valence-corrected chi connectivity index (χ1v) is 12.1. The van der Waals surface area contributed by atoms with E-state index in [1.165, 1.54) is 12.5 Å². The molecule has 6 aromatic rings. The molecule has 0 aliphatic rings. The van der Waals surface area contributed by atoms with Gasteiger partial charge in [-0.1, -0.05) is 39.8 Å². The van der Waals surface area contributed by atoms with Crippen molar-refractivity contribution in [2.24, 2.45) is 0 Å². The quantitative estimate of drug-likeness (QED) is 0.212. The standard InChI is InChI=1S/C30H26O6/c1-11(2)19-15-7-13(5)21(29-23(15)17(9-35-29)25(31)27(19)33)22-14(6)8-16-20(12(3)4)28(34)26(32)18-10-36-30(22)24(16)18/h7-12,31,33H,1-6H3. The van der Waals surface area contributed by atoms with Gasteiger partial charge in [0.25, 0.3) is 0 Å². The molecule has 2 heterocycles. The molecule has 36 heavy (non-hydrogen) atoms. The first kappa shape index (κ1) is 22.4. The number of benzene rings is 4. The van der Waals surface area contributed by atoms with Crippen LogP contribution in [-0.4, -0.2) is 10.2 Å². The average molecular weight is 483 g/mol. The van der Waals surface area contributed by atoms with Crippen LogP contribution >= 0.6 is 0 Å². The minimum atomic E-state index is -0.548. The number of phenols is 2. The van der Waals surface area contributed by atoms with Crippen molar-refractivity contribution >= 4 is 43.5 Å². The Hall–Kier alpha value is -4.06. The second-order valence-corrected chi connectivity index (χ2v) is 10.4. The molecule has 2 aromatic heterocycles. The highest BCUT2D eigenvalue weighted by atomic mass is 16.3.